The fourth-order valence-electron chi connectivity index (χ4n) is 4.31. The Morgan fingerprint density at radius 2 is 1.85 bits per heavy atom. The van der Waals surface area contributed by atoms with E-state index in [0.717, 1.165) is 43.8 Å². The Kier molecular flexibility index (Phi) is 4.25. The summed E-state index contributed by atoms with van der Waals surface area (Å²) in [6, 6.07) is 6.86. The van der Waals surface area contributed by atoms with Gasteiger partial charge in [-0.05, 0) is 43.0 Å². The minimum absolute atomic E-state index is 0.0365. The maximum atomic E-state index is 12.7. The molecule has 1 saturated carbocycles. The molecule has 27 heavy (non-hydrogen) atoms. The summed E-state index contributed by atoms with van der Waals surface area (Å²) >= 11 is 0. The Hall–Kier alpha value is -2.35. The molecule has 1 aliphatic carbocycles. The van der Waals surface area contributed by atoms with Crippen molar-refractivity contribution in [3.05, 3.63) is 68.5 Å². The summed E-state index contributed by atoms with van der Waals surface area (Å²) in [4.78, 5) is 28.1. The number of fused-ring (bicyclic) bond motifs is 1. The third kappa shape index (κ3) is 3.34. The van der Waals surface area contributed by atoms with Crippen molar-refractivity contribution in [2.75, 3.05) is 19.6 Å². The number of nitrogens with one attached hydrogen (secondary N) is 1. The Bertz CT molecular complexity index is 920. The van der Waals surface area contributed by atoms with Crippen LogP contribution >= 0.6 is 0 Å². The van der Waals surface area contributed by atoms with Crippen LogP contribution in [-0.2, 0) is 18.1 Å². The molecule has 0 radical (unpaired) electrons. The highest BCUT2D eigenvalue weighted by Gasteiger charge is 2.60. The SMILES string of the molecule is O=c1cc[nH]c(=O)n1CCCN1CC2C[C@]2(c2ccc(C(F)(F)F)cc2)C1. The van der Waals surface area contributed by atoms with E-state index in [9.17, 15) is 22.8 Å². The summed E-state index contributed by atoms with van der Waals surface area (Å²) in [6.45, 7) is 2.81. The lowest BCUT2D eigenvalue weighted by Crippen LogP contribution is -2.35. The fourth-order valence-corrected chi connectivity index (χ4v) is 4.31. The zero-order valence-corrected chi connectivity index (χ0v) is 14.6. The van der Waals surface area contributed by atoms with Crippen molar-refractivity contribution in [2.45, 2.75) is 31.0 Å². The third-order valence-electron chi connectivity index (χ3n) is 5.80. The van der Waals surface area contributed by atoms with Gasteiger partial charge in [0.1, 0.15) is 0 Å². The minimum Gasteiger partial charge on any atom is -0.314 e. The first-order valence-electron chi connectivity index (χ1n) is 8.98. The van der Waals surface area contributed by atoms with E-state index in [-0.39, 0.29) is 11.0 Å². The monoisotopic (exact) mass is 379 g/mol. The lowest BCUT2D eigenvalue weighted by Gasteiger charge is -2.21. The lowest BCUT2D eigenvalue weighted by molar-refractivity contribution is -0.137. The third-order valence-corrected chi connectivity index (χ3v) is 5.80. The van der Waals surface area contributed by atoms with Gasteiger partial charge in [0, 0.05) is 37.3 Å². The number of H-pyrrole nitrogens is 1. The zero-order chi connectivity index (χ0) is 19.2. The van der Waals surface area contributed by atoms with E-state index < -0.39 is 17.4 Å². The fraction of sp³-hybridized carbons (Fsp3) is 0.474. The number of nitrogens with zero attached hydrogens (tertiary/aromatic N) is 2. The number of aromatic amines is 1. The molecule has 5 nitrogen and oxygen atoms in total. The molecule has 144 valence electrons. The first kappa shape index (κ1) is 18.0. The number of likely N-dealkylation sites (tertiary alicyclic amines) is 1. The van der Waals surface area contributed by atoms with Crippen molar-refractivity contribution in [1.29, 1.82) is 0 Å². The number of aromatic nitrogens is 2. The molecule has 1 unspecified atom stereocenters. The second-order valence-electron chi connectivity index (χ2n) is 7.49. The van der Waals surface area contributed by atoms with E-state index in [4.69, 9.17) is 0 Å². The number of benzene rings is 1. The summed E-state index contributed by atoms with van der Waals surface area (Å²) < 4.78 is 39.4. The molecule has 1 aromatic carbocycles. The van der Waals surface area contributed by atoms with Gasteiger partial charge in [0.15, 0.2) is 0 Å². The molecule has 0 bridgehead atoms. The highest BCUT2D eigenvalue weighted by molar-refractivity contribution is 5.39. The Balaban J connectivity index is 1.37. The van der Waals surface area contributed by atoms with Crippen LogP contribution in [0, 0.1) is 5.92 Å². The predicted octanol–water partition coefficient (Wildman–Crippen LogP) is 2.22. The summed E-state index contributed by atoms with van der Waals surface area (Å²) in [5.74, 6) is 0.470. The molecule has 1 N–H and O–H groups in total. The van der Waals surface area contributed by atoms with Crippen molar-refractivity contribution < 1.29 is 13.2 Å². The number of hydrogen-bond donors (Lipinski definition) is 1. The second-order valence-corrected chi connectivity index (χ2v) is 7.49. The molecular weight excluding hydrogens is 359 g/mol. The molecular formula is C19H20F3N3O2. The number of halogens is 3. The standard InChI is InChI=1S/C19H20F3N3O2/c20-19(21,22)14-4-2-13(3-5-14)18-10-15(18)11-24(12-18)8-1-9-25-16(26)6-7-23-17(25)27/h2-7,15H,1,8-12H2,(H,23,27)/t15?,18-/m1/s1. The van der Waals surface area contributed by atoms with Crippen molar-refractivity contribution >= 4 is 0 Å². The minimum atomic E-state index is -4.31. The molecule has 0 amide bonds. The summed E-state index contributed by atoms with van der Waals surface area (Å²) in [5, 5.41) is 0. The average molecular weight is 379 g/mol. The van der Waals surface area contributed by atoms with E-state index in [2.05, 4.69) is 9.88 Å². The van der Waals surface area contributed by atoms with E-state index in [0.29, 0.717) is 18.9 Å². The van der Waals surface area contributed by atoms with Crippen molar-refractivity contribution in [2.24, 2.45) is 5.92 Å². The van der Waals surface area contributed by atoms with Gasteiger partial charge in [0.05, 0.1) is 5.56 Å². The molecule has 2 heterocycles. The normalized spacial score (nSPS) is 24.8. The average Bonchev–Trinajstić information content (AvgIpc) is 3.19. The van der Waals surface area contributed by atoms with Crippen LogP contribution in [0.4, 0.5) is 13.2 Å². The van der Waals surface area contributed by atoms with Gasteiger partial charge in [-0.15, -0.1) is 0 Å². The first-order chi connectivity index (χ1) is 12.8. The topological polar surface area (TPSA) is 58.1 Å². The molecule has 8 heteroatoms. The molecule has 2 fully saturated rings. The molecule has 2 aliphatic rings. The highest BCUT2D eigenvalue weighted by atomic mass is 19.4. The van der Waals surface area contributed by atoms with E-state index >= 15 is 0 Å². The van der Waals surface area contributed by atoms with Crippen LogP contribution in [0.15, 0.2) is 46.1 Å². The molecule has 2 aromatic rings. The van der Waals surface area contributed by atoms with E-state index in [1.54, 1.807) is 12.1 Å². The van der Waals surface area contributed by atoms with Gasteiger partial charge in [-0.3, -0.25) is 9.36 Å². The van der Waals surface area contributed by atoms with Crippen LogP contribution in [0.25, 0.3) is 0 Å². The lowest BCUT2D eigenvalue weighted by atomic mass is 9.94. The Labute approximate surface area is 153 Å². The summed E-state index contributed by atoms with van der Waals surface area (Å²) in [7, 11) is 0. The van der Waals surface area contributed by atoms with Crippen LogP contribution < -0.4 is 11.2 Å². The number of rotatable bonds is 5. The van der Waals surface area contributed by atoms with Crippen LogP contribution in [0.5, 0.6) is 0 Å². The second kappa shape index (κ2) is 6.37. The number of hydrogen-bond acceptors (Lipinski definition) is 3. The Morgan fingerprint density at radius 1 is 1.11 bits per heavy atom. The van der Waals surface area contributed by atoms with E-state index in [1.165, 1.54) is 16.8 Å². The molecule has 1 aliphatic heterocycles. The maximum absolute atomic E-state index is 12.7. The maximum Gasteiger partial charge on any atom is 0.416 e. The first-order valence-corrected chi connectivity index (χ1v) is 8.98. The smallest absolute Gasteiger partial charge is 0.314 e. The highest BCUT2D eigenvalue weighted by Crippen LogP contribution is 2.59. The molecule has 4 rings (SSSR count). The Morgan fingerprint density at radius 3 is 2.52 bits per heavy atom. The van der Waals surface area contributed by atoms with Crippen LogP contribution in [-0.4, -0.2) is 34.1 Å². The van der Waals surface area contributed by atoms with Gasteiger partial charge in [-0.25, -0.2) is 4.79 Å². The summed E-state index contributed by atoms with van der Waals surface area (Å²) in [6.07, 6.45) is -1.30. The molecule has 1 aromatic heterocycles. The van der Waals surface area contributed by atoms with Crippen LogP contribution in [0.3, 0.4) is 0 Å². The molecule has 0 spiro atoms. The van der Waals surface area contributed by atoms with Gasteiger partial charge < -0.3 is 9.88 Å². The summed E-state index contributed by atoms with van der Waals surface area (Å²) in [5.41, 5.74) is -0.408. The van der Waals surface area contributed by atoms with Gasteiger partial charge in [-0.1, -0.05) is 12.1 Å². The van der Waals surface area contributed by atoms with Gasteiger partial charge in [0.2, 0.25) is 0 Å². The molecule has 2 atom stereocenters. The van der Waals surface area contributed by atoms with Crippen molar-refractivity contribution in [1.82, 2.24) is 14.5 Å². The van der Waals surface area contributed by atoms with Crippen LogP contribution in [0.1, 0.15) is 24.0 Å². The largest absolute Gasteiger partial charge is 0.416 e. The van der Waals surface area contributed by atoms with Crippen molar-refractivity contribution in [3.63, 3.8) is 0 Å². The van der Waals surface area contributed by atoms with Gasteiger partial charge in [0.25, 0.3) is 5.56 Å². The van der Waals surface area contributed by atoms with Crippen LogP contribution in [0.2, 0.25) is 0 Å². The molecule has 1 saturated heterocycles. The zero-order valence-electron chi connectivity index (χ0n) is 14.6. The quantitative estimate of drug-likeness (QED) is 0.867. The van der Waals surface area contributed by atoms with Gasteiger partial charge >= 0.3 is 11.9 Å². The predicted molar refractivity (Wildman–Crippen MR) is 93.6 cm³/mol. The van der Waals surface area contributed by atoms with Crippen molar-refractivity contribution in [3.8, 4) is 0 Å². The number of alkyl halides is 3. The van der Waals surface area contributed by atoms with Gasteiger partial charge in [-0.2, -0.15) is 13.2 Å². The number of piperidine rings is 1. The van der Waals surface area contributed by atoms with E-state index in [1.807, 2.05) is 0 Å².